The lowest BCUT2D eigenvalue weighted by Gasteiger charge is -2.24. The molecule has 2 aromatic carbocycles. The summed E-state index contributed by atoms with van der Waals surface area (Å²) in [6, 6.07) is 17.7. The van der Waals surface area contributed by atoms with E-state index in [9.17, 15) is 9.59 Å². The fraction of sp³-hybridized carbons (Fsp3) is 0.346. The summed E-state index contributed by atoms with van der Waals surface area (Å²) in [6.07, 6.45) is 2.16. The first-order valence-electron chi connectivity index (χ1n) is 11.3. The quantitative estimate of drug-likeness (QED) is 0.583. The number of ether oxygens (including phenoxy) is 1. The second kappa shape index (κ2) is 9.90. The number of nitrogens with zero attached hydrogens (tertiary/aromatic N) is 4. The van der Waals surface area contributed by atoms with Crippen LogP contribution >= 0.6 is 0 Å². The number of hydrogen-bond acceptors (Lipinski definition) is 4. The minimum absolute atomic E-state index is 0.0904. The molecule has 0 unspecified atom stereocenters. The summed E-state index contributed by atoms with van der Waals surface area (Å²) in [5.74, 6) is 0.456. The lowest BCUT2D eigenvalue weighted by molar-refractivity contribution is -0.134. The molecule has 1 fully saturated rings. The van der Waals surface area contributed by atoms with Gasteiger partial charge in [-0.15, -0.1) is 0 Å². The molecule has 4 rings (SSSR count). The largest absolute Gasteiger partial charge is 0.496 e. The SMILES string of the molecule is CCN1CCN(C(=O)c2ccnn2C)C[C@H](Cc2ccccc2-c2ccccc2OC)C1=O. The number of methoxy groups -OCH3 is 1. The Balaban J connectivity index is 1.66. The highest BCUT2D eigenvalue weighted by Gasteiger charge is 2.33. The van der Waals surface area contributed by atoms with Gasteiger partial charge in [0, 0.05) is 45.0 Å². The van der Waals surface area contributed by atoms with Crippen molar-refractivity contribution in [2.24, 2.45) is 13.0 Å². The average molecular weight is 447 g/mol. The van der Waals surface area contributed by atoms with Crippen molar-refractivity contribution in [1.29, 1.82) is 0 Å². The fourth-order valence-electron chi connectivity index (χ4n) is 4.53. The van der Waals surface area contributed by atoms with Crippen molar-refractivity contribution < 1.29 is 14.3 Å². The molecular weight excluding hydrogens is 416 g/mol. The molecule has 1 aromatic heterocycles. The van der Waals surface area contributed by atoms with Crippen molar-refractivity contribution in [2.75, 3.05) is 33.3 Å². The Kier molecular flexibility index (Phi) is 6.77. The maximum Gasteiger partial charge on any atom is 0.272 e. The van der Waals surface area contributed by atoms with Crippen LogP contribution in [0, 0.1) is 5.92 Å². The lowest BCUT2D eigenvalue weighted by atomic mass is 9.91. The minimum Gasteiger partial charge on any atom is -0.496 e. The molecule has 1 saturated heterocycles. The highest BCUT2D eigenvalue weighted by atomic mass is 16.5. The van der Waals surface area contributed by atoms with Gasteiger partial charge in [0.25, 0.3) is 5.91 Å². The van der Waals surface area contributed by atoms with Gasteiger partial charge in [-0.05, 0) is 36.6 Å². The number of rotatable bonds is 6. The lowest BCUT2D eigenvalue weighted by Crippen LogP contribution is -2.38. The zero-order chi connectivity index (χ0) is 23.4. The Labute approximate surface area is 194 Å². The number of carbonyl (C=O) groups excluding carboxylic acids is 2. The summed E-state index contributed by atoms with van der Waals surface area (Å²) in [4.78, 5) is 30.3. The van der Waals surface area contributed by atoms with Gasteiger partial charge >= 0.3 is 0 Å². The molecule has 3 aromatic rings. The number of hydrogen-bond donors (Lipinski definition) is 0. The number of para-hydroxylation sites is 1. The minimum atomic E-state index is -0.333. The molecule has 0 radical (unpaired) electrons. The fourth-order valence-corrected chi connectivity index (χ4v) is 4.53. The molecule has 1 aliphatic heterocycles. The molecule has 1 aliphatic rings. The van der Waals surface area contributed by atoms with E-state index in [-0.39, 0.29) is 17.7 Å². The molecular formula is C26H30N4O3. The molecule has 7 heteroatoms. The molecule has 0 saturated carbocycles. The molecule has 7 nitrogen and oxygen atoms in total. The Hall–Kier alpha value is -3.61. The third-order valence-electron chi connectivity index (χ3n) is 6.33. The first-order valence-corrected chi connectivity index (χ1v) is 11.3. The number of carbonyl (C=O) groups is 2. The highest BCUT2D eigenvalue weighted by Crippen LogP contribution is 2.33. The second-order valence-corrected chi connectivity index (χ2v) is 8.27. The van der Waals surface area contributed by atoms with Gasteiger partial charge < -0.3 is 14.5 Å². The first-order chi connectivity index (χ1) is 16.0. The predicted molar refractivity (Wildman–Crippen MR) is 127 cm³/mol. The van der Waals surface area contributed by atoms with E-state index in [1.165, 1.54) is 0 Å². The van der Waals surface area contributed by atoms with Crippen molar-refractivity contribution in [3.8, 4) is 16.9 Å². The van der Waals surface area contributed by atoms with Crippen molar-refractivity contribution in [3.05, 3.63) is 72.1 Å². The topological polar surface area (TPSA) is 67.7 Å². The zero-order valence-electron chi connectivity index (χ0n) is 19.4. The van der Waals surface area contributed by atoms with Crippen LogP contribution in [-0.2, 0) is 18.3 Å². The molecule has 33 heavy (non-hydrogen) atoms. The summed E-state index contributed by atoms with van der Waals surface area (Å²) < 4.78 is 7.17. The highest BCUT2D eigenvalue weighted by molar-refractivity contribution is 5.93. The van der Waals surface area contributed by atoms with Crippen molar-refractivity contribution in [1.82, 2.24) is 19.6 Å². The van der Waals surface area contributed by atoms with Gasteiger partial charge in [-0.1, -0.05) is 42.5 Å². The third kappa shape index (κ3) is 4.62. The van der Waals surface area contributed by atoms with Crippen LogP contribution < -0.4 is 4.74 Å². The number of likely N-dealkylation sites (N-methyl/N-ethyl adjacent to an activating group) is 1. The summed E-state index contributed by atoms with van der Waals surface area (Å²) in [5, 5.41) is 4.13. The molecule has 2 heterocycles. The Morgan fingerprint density at radius 3 is 2.48 bits per heavy atom. The van der Waals surface area contributed by atoms with E-state index in [0.29, 0.717) is 38.3 Å². The van der Waals surface area contributed by atoms with Crippen LogP contribution in [-0.4, -0.2) is 64.7 Å². The van der Waals surface area contributed by atoms with Crippen LogP contribution in [0.5, 0.6) is 5.75 Å². The molecule has 0 bridgehead atoms. The van der Waals surface area contributed by atoms with E-state index in [4.69, 9.17) is 4.74 Å². The molecule has 172 valence electrons. The third-order valence-corrected chi connectivity index (χ3v) is 6.33. The van der Waals surface area contributed by atoms with Gasteiger partial charge in [0.05, 0.1) is 13.0 Å². The maximum atomic E-state index is 13.4. The van der Waals surface area contributed by atoms with E-state index in [2.05, 4.69) is 17.2 Å². The predicted octanol–water partition coefficient (Wildman–Crippen LogP) is 3.26. The van der Waals surface area contributed by atoms with E-state index in [1.807, 2.05) is 48.2 Å². The summed E-state index contributed by atoms with van der Waals surface area (Å²) in [7, 11) is 3.42. The van der Waals surface area contributed by atoms with E-state index >= 15 is 0 Å². The van der Waals surface area contributed by atoms with Crippen molar-refractivity contribution in [3.63, 3.8) is 0 Å². The normalized spacial score (nSPS) is 16.6. The summed E-state index contributed by atoms with van der Waals surface area (Å²) in [5.41, 5.74) is 3.62. The van der Waals surface area contributed by atoms with Gasteiger partial charge in [-0.25, -0.2) is 0 Å². The smallest absolute Gasteiger partial charge is 0.272 e. The van der Waals surface area contributed by atoms with E-state index in [0.717, 1.165) is 22.4 Å². The Bertz CT molecular complexity index is 1140. The van der Waals surface area contributed by atoms with E-state index < -0.39 is 0 Å². The number of amides is 2. The van der Waals surface area contributed by atoms with Crippen LogP contribution in [0.25, 0.3) is 11.1 Å². The van der Waals surface area contributed by atoms with Gasteiger partial charge in [0.2, 0.25) is 5.91 Å². The molecule has 0 spiro atoms. The van der Waals surface area contributed by atoms with Gasteiger partial charge in [-0.3, -0.25) is 14.3 Å². The summed E-state index contributed by atoms with van der Waals surface area (Å²) >= 11 is 0. The molecule has 0 N–H and O–H groups in total. The average Bonchev–Trinajstić information content (AvgIpc) is 3.21. The van der Waals surface area contributed by atoms with Gasteiger partial charge in [0.1, 0.15) is 11.4 Å². The molecule has 2 amide bonds. The van der Waals surface area contributed by atoms with Crippen LogP contribution in [0.3, 0.4) is 0 Å². The van der Waals surface area contributed by atoms with Gasteiger partial charge in [-0.2, -0.15) is 5.10 Å². The number of benzene rings is 2. The Morgan fingerprint density at radius 1 is 1.06 bits per heavy atom. The maximum absolute atomic E-state index is 13.4. The second-order valence-electron chi connectivity index (χ2n) is 8.27. The van der Waals surface area contributed by atoms with Crippen LogP contribution in [0.4, 0.5) is 0 Å². The standard InChI is InChI=1S/C26H30N4O3/c1-4-29-15-16-30(26(32)23-13-14-27-28(23)2)18-20(25(29)31)17-19-9-5-6-10-21(19)22-11-7-8-12-24(22)33-3/h5-14,20H,4,15-18H2,1-3H3/t20-/m0/s1. The molecule has 0 aliphatic carbocycles. The summed E-state index contributed by atoms with van der Waals surface area (Å²) in [6.45, 7) is 4.02. The molecule has 1 atom stereocenters. The van der Waals surface area contributed by atoms with Crippen molar-refractivity contribution in [2.45, 2.75) is 13.3 Å². The van der Waals surface area contributed by atoms with Gasteiger partial charge in [0.15, 0.2) is 0 Å². The van der Waals surface area contributed by atoms with Crippen LogP contribution in [0.15, 0.2) is 60.8 Å². The number of aromatic nitrogens is 2. The monoisotopic (exact) mass is 446 g/mol. The zero-order valence-corrected chi connectivity index (χ0v) is 19.4. The van der Waals surface area contributed by atoms with Crippen molar-refractivity contribution >= 4 is 11.8 Å². The van der Waals surface area contributed by atoms with Crippen LogP contribution in [0.1, 0.15) is 23.0 Å². The van der Waals surface area contributed by atoms with Crippen LogP contribution in [0.2, 0.25) is 0 Å². The van der Waals surface area contributed by atoms with E-state index in [1.54, 1.807) is 36.0 Å². The first kappa shape index (κ1) is 22.6. The Morgan fingerprint density at radius 2 is 1.79 bits per heavy atom. The number of aryl methyl sites for hydroxylation is 1.